The highest BCUT2D eigenvalue weighted by Gasteiger charge is 2.22. The van der Waals surface area contributed by atoms with Crippen LogP contribution in [0, 0.1) is 0 Å². The lowest BCUT2D eigenvalue weighted by Gasteiger charge is -2.24. The van der Waals surface area contributed by atoms with Crippen LogP contribution in [0.1, 0.15) is 49.9 Å². The van der Waals surface area contributed by atoms with Crippen LogP contribution in [0.25, 0.3) is 0 Å². The van der Waals surface area contributed by atoms with Gasteiger partial charge in [0, 0.05) is 30.0 Å². The largest absolute Gasteiger partial charge is 0.359 e. The number of guanidine groups is 1. The number of rotatable bonds is 6. The molecule has 0 unspecified atom stereocenters. The van der Waals surface area contributed by atoms with Crippen LogP contribution >= 0.6 is 35.3 Å². The molecule has 0 spiro atoms. The van der Waals surface area contributed by atoms with Gasteiger partial charge in [-0.15, -0.1) is 35.3 Å². The van der Waals surface area contributed by atoms with Crippen LogP contribution in [0.2, 0.25) is 0 Å². The van der Waals surface area contributed by atoms with Crippen molar-refractivity contribution >= 4 is 41.3 Å². The van der Waals surface area contributed by atoms with Gasteiger partial charge >= 0.3 is 0 Å². The van der Waals surface area contributed by atoms with Gasteiger partial charge in [-0.05, 0) is 17.4 Å². The SMILES string of the molecule is CN=C(NCc1cc(C(C)C)no1)NCC(C)(C)c1cccs1.I. The fourth-order valence-electron chi connectivity index (χ4n) is 2.13. The minimum atomic E-state index is 0. The maximum Gasteiger partial charge on any atom is 0.191 e. The maximum absolute atomic E-state index is 5.33. The van der Waals surface area contributed by atoms with E-state index in [0.29, 0.717) is 12.5 Å². The summed E-state index contributed by atoms with van der Waals surface area (Å²) in [5.74, 6) is 1.95. The van der Waals surface area contributed by atoms with E-state index in [1.165, 1.54) is 4.88 Å². The van der Waals surface area contributed by atoms with E-state index in [2.05, 4.69) is 66.0 Å². The van der Waals surface area contributed by atoms with Crippen LogP contribution in [0.3, 0.4) is 0 Å². The second-order valence-corrected chi connectivity index (χ2v) is 7.46. The topological polar surface area (TPSA) is 62.5 Å². The molecule has 0 aliphatic heterocycles. The van der Waals surface area contributed by atoms with Gasteiger partial charge < -0.3 is 15.2 Å². The minimum Gasteiger partial charge on any atom is -0.359 e. The Morgan fingerprint density at radius 3 is 2.67 bits per heavy atom. The van der Waals surface area contributed by atoms with Crippen LogP contribution in [0.5, 0.6) is 0 Å². The fraction of sp³-hybridized carbons (Fsp3) is 0.529. The number of nitrogens with one attached hydrogen (secondary N) is 2. The molecule has 0 aromatic carbocycles. The van der Waals surface area contributed by atoms with Crippen molar-refractivity contribution in [3.63, 3.8) is 0 Å². The number of halogens is 1. The lowest BCUT2D eigenvalue weighted by Crippen LogP contribution is -2.42. The van der Waals surface area contributed by atoms with Crippen LogP contribution in [0.15, 0.2) is 33.1 Å². The Kier molecular flexibility index (Phi) is 8.21. The first-order valence-electron chi connectivity index (χ1n) is 7.86. The van der Waals surface area contributed by atoms with Crippen molar-refractivity contribution in [2.75, 3.05) is 13.6 Å². The van der Waals surface area contributed by atoms with E-state index in [-0.39, 0.29) is 29.4 Å². The summed E-state index contributed by atoms with van der Waals surface area (Å²) >= 11 is 1.78. The standard InChI is InChI=1S/C17H26N4OS.HI/c1-12(2)14-9-13(22-21-14)10-19-16(18-5)20-11-17(3,4)15-7-6-8-23-15;/h6-9,12H,10-11H2,1-5H3,(H2,18,19,20);1H. The minimum absolute atomic E-state index is 0. The van der Waals surface area contributed by atoms with E-state index in [0.717, 1.165) is 24.0 Å². The molecule has 2 heterocycles. The zero-order valence-corrected chi connectivity index (χ0v) is 18.1. The molecule has 2 aromatic heterocycles. The third-order valence-electron chi connectivity index (χ3n) is 3.71. The number of aliphatic imine (C=N–C) groups is 1. The molecule has 7 heteroatoms. The normalized spacial score (nSPS) is 12.2. The molecule has 0 atom stereocenters. The molecule has 0 aliphatic rings. The first kappa shape index (κ1) is 21.0. The zero-order valence-electron chi connectivity index (χ0n) is 14.9. The summed E-state index contributed by atoms with van der Waals surface area (Å²) in [4.78, 5) is 5.62. The second kappa shape index (κ2) is 9.41. The highest BCUT2D eigenvalue weighted by molar-refractivity contribution is 14.0. The monoisotopic (exact) mass is 462 g/mol. The van der Waals surface area contributed by atoms with Crippen LogP contribution < -0.4 is 10.6 Å². The summed E-state index contributed by atoms with van der Waals surface area (Å²) in [6, 6.07) is 6.25. The molecule has 0 fully saturated rings. The maximum atomic E-state index is 5.33. The summed E-state index contributed by atoms with van der Waals surface area (Å²) in [7, 11) is 1.77. The molecular formula is C17H27IN4OS. The van der Waals surface area contributed by atoms with E-state index >= 15 is 0 Å². The Balaban J connectivity index is 0.00000288. The Morgan fingerprint density at radius 1 is 1.38 bits per heavy atom. The van der Waals surface area contributed by atoms with Gasteiger partial charge in [0.05, 0.1) is 12.2 Å². The predicted octanol–water partition coefficient (Wildman–Crippen LogP) is 4.12. The van der Waals surface area contributed by atoms with Gasteiger partial charge in [-0.25, -0.2) is 0 Å². The van der Waals surface area contributed by atoms with Crippen LogP contribution in [0.4, 0.5) is 0 Å². The molecule has 2 rings (SSSR count). The molecule has 0 saturated heterocycles. The van der Waals surface area contributed by atoms with Crippen molar-refractivity contribution in [3.05, 3.63) is 39.9 Å². The summed E-state index contributed by atoms with van der Waals surface area (Å²) in [6.45, 7) is 10.0. The second-order valence-electron chi connectivity index (χ2n) is 6.51. The van der Waals surface area contributed by atoms with Gasteiger partial charge in [-0.2, -0.15) is 0 Å². The summed E-state index contributed by atoms with van der Waals surface area (Å²) < 4.78 is 5.33. The molecule has 0 aliphatic carbocycles. The average Bonchev–Trinajstić information content (AvgIpc) is 3.19. The molecule has 0 amide bonds. The first-order chi connectivity index (χ1) is 10.9. The van der Waals surface area contributed by atoms with Crippen molar-refractivity contribution in [3.8, 4) is 0 Å². The van der Waals surface area contributed by atoms with E-state index in [4.69, 9.17) is 4.52 Å². The Bertz CT molecular complexity index is 635. The molecular weight excluding hydrogens is 435 g/mol. The zero-order chi connectivity index (χ0) is 16.9. The molecule has 134 valence electrons. The Morgan fingerprint density at radius 2 is 2.12 bits per heavy atom. The molecule has 0 saturated carbocycles. The van der Waals surface area contributed by atoms with Gasteiger partial charge in [0.25, 0.3) is 0 Å². The van der Waals surface area contributed by atoms with Crippen LogP contribution in [-0.4, -0.2) is 24.7 Å². The smallest absolute Gasteiger partial charge is 0.191 e. The molecule has 0 radical (unpaired) electrons. The number of thiophene rings is 1. The number of hydrogen-bond acceptors (Lipinski definition) is 4. The lowest BCUT2D eigenvalue weighted by molar-refractivity contribution is 0.371. The summed E-state index contributed by atoms with van der Waals surface area (Å²) in [6.07, 6.45) is 0. The van der Waals surface area contributed by atoms with E-state index in [1.807, 2.05) is 6.07 Å². The van der Waals surface area contributed by atoms with Crippen molar-refractivity contribution in [1.82, 2.24) is 15.8 Å². The van der Waals surface area contributed by atoms with Crippen molar-refractivity contribution in [1.29, 1.82) is 0 Å². The third-order valence-corrected chi connectivity index (χ3v) is 4.94. The van der Waals surface area contributed by atoms with Crippen molar-refractivity contribution in [2.45, 2.75) is 45.6 Å². The van der Waals surface area contributed by atoms with Crippen molar-refractivity contribution < 1.29 is 4.52 Å². The van der Waals surface area contributed by atoms with Gasteiger partial charge in [-0.3, -0.25) is 4.99 Å². The van der Waals surface area contributed by atoms with Crippen molar-refractivity contribution in [2.24, 2.45) is 4.99 Å². The molecule has 5 nitrogen and oxygen atoms in total. The fourth-order valence-corrected chi connectivity index (χ4v) is 2.98. The highest BCUT2D eigenvalue weighted by Crippen LogP contribution is 2.26. The quantitative estimate of drug-likeness (QED) is 0.385. The Labute approximate surface area is 165 Å². The first-order valence-corrected chi connectivity index (χ1v) is 8.74. The number of aromatic nitrogens is 1. The van der Waals surface area contributed by atoms with Gasteiger partial charge in [0.1, 0.15) is 0 Å². The van der Waals surface area contributed by atoms with Gasteiger partial charge in [-0.1, -0.05) is 38.9 Å². The third kappa shape index (κ3) is 5.77. The molecule has 0 bridgehead atoms. The van der Waals surface area contributed by atoms with E-state index in [9.17, 15) is 0 Å². The average molecular weight is 462 g/mol. The molecule has 2 aromatic rings. The molecule has 2 N–H and O–H groups in total. The van der Waals surface area contributed by atoms with E-state index in [1.54, 1.807) is 18.4 Å². The molecule has 24 heavy (non-hydrogen) atoms. The summed E-state index contributed by atoms with van der Waals surface area (Å²) in [5, 5.41) is 12.8. The van der Waals surface area contributed by atoms with Gasteiger partial charge in [0.2, 0.25) is 0 Å². The van der Waals surface area contributed by atoms with E-state index < -0.39 is 0 Å². The lowest BCUT2D eigenvalue weighted by atomic mass is 9.91. The van der Waals surface area contributed by atoms with Crippen LogP contribution in [-0.2, 0) is 12.0 Å². The number of nitrogens with zero attached hydrogens (tertiary/aromatic N) is 2. The summed E-state index contributed by atoms with van der Waals surface area (Å²) in [5.41, 5.74) is 1.03. The number of hydrogen-bond donors (Lipinski definition) is 2. The Hall–Kier alpha value is -1.09. The predicted molar refractivity (Wildman–Crippen MR) is 112 cm³/mol. The van der Waals surface area contributed by atoms with Gasteiger partial charge in [0.15, 0.2) is 11.7 Å². The highest BCUT2D eigenvalue weighted by atomic mass is 127.